The van der Waals surface area contributed by atoms with Crippen molar-refractivity contribution in [3.8, 4) is 11.5 Å². The third kappa shape index (κ3) is 9.23. The summed E-state index contributed by atoms with van der Waals surface area (Å²) in [6, 6.07) is 5.77. The topological polar surface area (TPSA) is 71.0 Å². The number of rotatable bonds is 5. The molecule has 1 unspecified atom stereocenters. The zero-order chi connectivity index (χ0) is 21.4. The predicted octanol–water partition coefficient (Wildman–Crippen LogP) is 2.13. The number of methoxy groups -OCH3 is 1. The van der Waals surface area contributed by atoms with E-state index in [-0.39, 0.29) is 6.23 Å². The number of hydrogen-bond acceptors (Lipinski definition) is 8. The molecule has 0 spiro atoms. The first kappa shape index (κ1) is 24.3. The lowest BCUT2D eigenvalue weighted by Crippen LogP contribution is -2.41. The van der Waals surface area contributed by atoms with Crippen LogP contribution in [0.5, 0.6) is 11.5 Å². The number of ether oxygens (including phenoxy) is 6. The Kier molecular flexibility index (Phi) is 12.1. The third-order valence-corrected chi connectivity index (χ3v) is 4.43. The maximum atomic E-state index is 6.00. The van der Waals surface area contributed by atoms with Crippen molar-refractivity contribution >= 4 is 12.3 Å². The minimum absolute atomic E-state index is 0.206. The first-order valence-electron chi connectivity index (χ1n) is 10.2. The smallest absolute Gasteiger partial charge is 0.161 e. The number of hydrogen-bond donors (Lipinski definition) is 0. The van der Waals surface area contributed by atoms with Gasteiger partial charge in [-0.05, 0) is 24.7 Å². The van der Waals surface area contributed by atoms with Crippen molar-refractivity contribution in [2.24, 2.45) is 4.99 Å². The van der Waals surface area contributed by atoms with Gasteiger partial charge in [0.1, 0.15) is 19.4 Å². The fraction of sp³-hybridized carbons (Fsp3) is 0.591. The fourth-order valence-corrected chi connectivity index (χ4v) is 2.69. The summed E-state index contributed by atoms with van der Waals surface area (Å²) in [5, 5.41) is 0. The molecule has 1 aromatic carbocycles. The highest BCUT2D eigenvalue weighted by molar-refractivity contribution is 5.58. The van der Waals surface area contributed by atoms with Crippen molar-refractivity contribution in [3.63, 3.8) is 0 Å². The van der Waals surface area contributed by atoms with Crippen LogP contribution in [0, 0.1) is 0 Å². The van der Waals surface area contributed by atoms with Crippen LogP contribution >= 0.6 is 0 Å². The lowest BCUT2D eigenvalue weighted by molar-refractivity contribution is -0.108. The maximum Gasteiger partial charge on any atom is 0.161 e. The standard InChI is InChI=1S/C22H34N2O6/c1-4-19-5-6-20-21(17-19)28-11-8-23-7-10-26-14-15-27-18-22(30-16-13-25-3)24(2)9-12-29-20/h4-7,17,22H,1,8-16,18H2,2-3H3. The summed E-state index contributed by atoms with van der Waals surface area (Å²) in [6.45, 7) is 8.82. The molecule has 168 valence electrons. The maximum absolute atomic E-state index is 6.00. The average molecular weight is 423 g/mol. The normalized spacial score (nSPS) is 20.3. The molecule has 1 heterocycles. The van der Waals surface area contributed by atoms with E-state index in [9.17, 15) is 0 Å². The first-order valence-corrected chi connectivity index (χ1v) is 10.2. The van der Waals surface area contributed by atoms with Gasteiger partial charge < -0.3 is 28.4 Å². The summed E-state index contributed by atoms with van der Waals surface area (Å²) in [5.41, 5.74) is 0.970. The molecule has 0 amide bonds. The van der Waals surface area contributed by atoms with Gasteiger partial charge in [-0.1, -0.05) is 18.7 Å². The summed E-state index contributed by atoms with van der Waals surface area (Å²) in [6.07, 6.45) is 3.32. The number of aliphatic imine (C=N–C) groups is 1. The Labute approximate surface area is 179 Å². The molecule has 0 aromatic heterocycles. The molecule has 0 aliphatic carbocycles. The molecule has 8 heteroatoms. The predicted molar refractivity (Wildman–Crippen MR) is 117 cm³/mol. The molecular formula is C22H34N2O6. The van der Waals surface area contributed by atoms with Gasteiger partial charge >= 0.3 is 0 Å². The van der Waals surface area contributed by atoms with Gasteiger partial charge in [-0.3, -0.25) is 9.89 Å². The second-order valence-electron chi connectivity index (χ2n) is 6.64. The Morgan fingerprint density at radius 3 is 2.80 bits per heavy atom. The highest BCUT2D eigenvalue weighted by atomic mass is 16.6. The molecule has 0 fully saturated rings. The van der Waals surface area contributed by atoms with E-state index in [1.165, 1.54) is 0 Å². The lowest BCUT2D eigenvalue weighted by Gasteiger charge is -2.28. The van der Waals surface area contributed by atoms with Crippen LogP contribution in [0.3, 0.4) is 0 Å². The van der Waals surface area contributed by atoms with Crippen molar-refractivity contribution in [2.45, 2.75) is 6.23 Å². The zero-order valence-electron chi connectivity index (χ0n) is 18.1. The molecule has 30 heavy (non-hydrogen) atoms. The molecule has 0 radical (unpaired) electrons. The largest absolute Gasteiger partial charge is 0.488 e. The number of likely N-dealkylation sites (N-methyl/N-ethyl adjacent to an activating group) is 1. The molecule has 0 saturated carbocycles. The summed E-state index contributed by atoms with van der Waals surface area (Å²) in [5.74, 6) is 1.37. The SMILES string of the molecule is C=Cc1ccc2c(c1)OCCN=CCOCCOCC(OCCOC)N(C)CCO2. The van der Waals surface area contributed by atoms with E-state index in [1.807, 2.05) is 25.2 Å². The average Bonchev–Trinajstić information content (AvgIpc) is 2.76. The molecule has 2 rings (SSSR count). The Morgan fingerprint density at radius 1 is 1.13 bits per heavy atom. The van der Waals surface area contributed by atoms with Gasteiger partial charge in [-0.2, -0.15) is 0 Å². The monoisotopic (exact) mass is 422 g/mol. The van der Waals surface area contributed by atoms with Crippen LogP contribution in [0.25, 0.3) is 6.08 Å². The molecule has 1 aromatic rings. The van der Waals surface area contributed by atoms with Crippen LogP contribution in [0.2, 0.25) is 0 Å². The first-order chi connectivity index (χ1) is 14.7. The van der Waals surface area contributed by atoms with Gasteiger partial charge in [-0.15, -0.1) is 0 Å². The second kappa shape index (κ2) is 14.9. The van der Waals surface area contributed by atoms with Crippen LogP contribution in [0.1, 0.15) is 5.56 Å². The van der Waals surface area contributed by atoms with E-state index in [1.54, 1.807) is 19.4 Å². The van der Waals surface area contributed by atoms with E-state index in [0.29, 0.717) is 77.4 Å². The third-order valence-electron chi connectivity index (χ3n) is 4.43. The Balaban J connectivity index is 2.03. The fourth-order valence-electron chi connectivity index (χ4n) is 2.69. The Morgan fingerprint density at radius 2 is 1.97 bits per heavy atom. The lowest BCUT2D eigenvalue weighted by atomic mass is 10.2. The van der Waals surface area contributed by atoms with Crippen molar-refractivity contribution in [1.29, 1.82) is 0 Å². The Bertz CT molecular complexity index is 640. The van der Waals surface area contributed by atoms with Crippen molar-refractivity contribution in [1.82, 2.24) is 4.90 Å². The van der Waals surface area contributed by atoms with Crippen molar-refractivity contribution in [2.75, 3.05) is 80.1 Å². The molecule has 1 atom stereocenters. The van der Waals surface area contributed by atoms with Crippen LogP contribution in [-0.2, 0) is 18.9 Å². The Hall–Kier alpha value is -1.97. The minimum Gasteiger partial charge on any atom is -0.488 e. The molecule has 0 saturated heterocycles. The van der Waals surface area contributed by atoms with Gasteiger partial charge in [0.2, 0.25) is 0 Å². The number of nitrogens with zero attached hydrogens (tertiary/aromatic N) is 2. The van der Waals surface area contributed by atoms with Crippen LogP contribution < -0.4 is 9.47 Å². The molecule has 0 N–H and O–H groups in total. The van der Waals surface area contributed by atoms with Gasteiger partial charge in [0.05, 0.1) is 46.2 Å². The van der Waals surface area contributed by atoms with E-state index in [2.05, 4.69) is 16.5 Å². The molecule has 1 aliphatic heterocycles. The van der Waals surface area contributed by atoms with Crippen LogP contribution in [0.4, 0.5) is 0 Å². The summed E-state index contributed by atoms with van der Waals surface area (Å²) >= 11 is 0. The van der Waals surface area contributed by atoms with Crippen molar-refractivity contribution < 1.29 is 28.4 Å². The quantitative estimate of drug-likeness (QED) is 0.673. The molecule has 1 aliphatic rings. The highest BCUT2D eigenvalue weighted by Gasteiger charge is 2.16. The minimum atomic E-state index is -0.206. The van der Waals surface area contributed by atoms with E-state index in [4.69, 9.17) is 28.4 Å². The van der Waals surface area contributed by atoms with Crippen molar-refractivity contribution in [3.05, 3.63) is 30.3 Å². The summed E-state index contributed by atoms with van der Waals surface area (Å²) in [7, 11) is 3.63. The molecule has 0 bridgehead atoms. The van der Waals surface area contributed by atoms with E-state index < -0.39 is 0 Å². The van der Waals surface area contributed by atoms with E-state index in [0.717, 1.165) is 5.56 Å². The van der Waals surface area contributed by atoms with Crippen LogP contribution in [-0.4, -0.2) is 97.4 Å². The molecular weight excluding hydrogens is 388 g/mol. The van der Waals surface area contributed by atoms with Gasteiger partial charge in [0, 0.05) is 19.9 Å². The van der Waals surface area contributed by atoms with E-state index >= 15 is 0 Å². The summed E-state index contributed by atoms with van der Waals surface area (Å²) < 4.78 is 34.1. The van der Waals surface area contributed by atoms with Gasteiger partial charge in [0.15, 0.2) is 11.5 Å². The van der Waals surface area contributed by atoms with Gasteiger partial charge in [0.25, 0.3) is 0 Å². The summed E-state index contributed by atoms with van der Waals surface area (Å²) in [4.78, 5) is 6.36. The highest BCUT2D eigenvalue weighted by Crippen LogP contribution is 2.29. The van der Waals surface area contributed by atoms with Gasteiger partial charge in [-0.25, -0.2) is 0 Å². The number of fused-ring (bicyclic) bond motifs is 1. The van der Waals surface area contributed by atoms with Crippen LogP contribution in [0.15, 0.2) is 29.8 Å². The second-order valence-corrected chi connectivity index (χ2v) is 6.64. The zero-order valence-corrected chi connectivity index (χ0v) is 18.1. The number of benzene rings is 1. The molecule has 8 nitrogen and oxygen atoms in total.